The maximum Gasteiger partial charge on any atom is 0.137 e. The van der Waals surface area contributed by atoms with Gasteiger partial charge in [-0.25, -0.2) is 0 Å². The molecule has 1 aliphatic heterocycles. The fourth-order valence-electron chi connectivity index (χ4n) is 2.50. The molecule has 2 aromatic carbocycles. The van der Waals surface area contributed by atoms with E-state index in [1.54, 1.807) is 0 Å². The van der Waals surface area contributed by atoms with Gasteiger partial charge in [0.15, 0.2) is 0 Å². The number of nitrogens with two attached hydrogens (primary N) is 1. The molecule has 0 radical (unpaired) electrons. The normalized spacial score (nSPS) is 16.6. The predicted octanol–water partition coefficient (Wildman–Crippen LogP) is 3.27. The lowest BCUT2D eigenvalue weighted by Gasteiger charge is -2.14. The molecule has 0 spiro atoms. The van der Waals surface area contributed by atoms with E-state index in [-0.39, 0.29) is 6.10 Å². The van der Waals surface area contributed by atoms with Crippen LogP contribution in [-0.4, -0.2) is 12.7 Å². The largest absolute Gasteiger partial charge is 0.489 e. The first-order valence-electron chi connectivity index (χ1n) is 6.87. The maximum atomic E-state index is 5.90. The van der Waals surface area contributed by atoms with E-state index in [4.69, 9.17) is 15.2 Å². The number of ether oxygens (including phenoxy) is 2. The lowest BCUT2D eigenvalue weighted by Crippen LogP contribution is -2.22. The second kappa shape index (κ2) is 5.08. The summed E-state index contributed by atoms with van der Waals surface area (Å²) < 4.78 is 11.8. The van der Waals surface area contributed by atoms with Crippen LogP contribution in [0.1, 0.15) is 16.7 Å². The van der Waals surface area contributed by atoms with Crippen LogP contribution in [0.5, 0.6) is 11.5 Å². The van der Waals surface area contributed by atoms with Crippen molar-refractivity contribution in [1.82, 2.24) is 0 Å². The summed E-state index contributed by atoms with van der Waals surface area (Å²) in [7, 11) is 0. The highest BCUT2D eigenvalue weighted by Gasteiger charge is 2.23. The molecular formula is C17H19NO2. The molecule has 0 saturated heterocycles. The van der Waals surface area contributed by atoms with Gasteiger partial charge in [0.2, 0.25) is 0 Å². The van der Waals surface area contributed by atoms with Gasteiger partial charge in [0.25, 0.3) is 0 Å². The van der Waals surface area contributed by atoms with Crippen molar-refractivity contribution in [2.45, 2.75) is 26.4 Å². The topological polar surface area (TPSA) is 44.5 Å². The second-order valence-corrected chi connectivity index (χ2v) is 5.39. The van der Waals surface area contributed by atoms with E-state index >= 15 is 0 Å². The Balaban J connectivity index is 1.65. The van der Waals surface area contributed by atoms with E-state index in [9.17, 15) is 0 Å². The number of aryl methyl sites for hydroxylation is 2. The Hall–Kier alpha value is -2.16. The van der Waals surface area contributed by atoms with Crippen LogP contribution in [0, 0.1) is 13.8 Å². The van der Waals surface area contributed by atoms with Gasteiger partial charge >= 0.3 is 0 Å². The highest BCUT2D eigenvalue weighted by Crippen LogP contribution is 2.30. The average Bonchev–Trinajstić information content (AvgIpc) is 2.81. The summed E-state index contributed by atoms with van der Waals surface area (Å²) in [6, 6.07) is 12.0. The number of rotatable bonds is 3. The van der Waals surface area contributed by atoms with Crippen molar-refractivity contribution < 1.29 is 9.47 Å². The molecule has 104 valence electrons. The Morgan fingerprint density at radius 1 is 1.20 bits per heavy atom. The molecule has 0 aliphatic carbocycles. The third-order valence-corrected chi connectivity index (χ3v) is 3.59. The first-order valence-corrected chi connectivity index (χ1v) is 6.87. The zero-order chi connectivity index (χ0) is 14.1. The van der Waals surface area contributed by atoms with Gasteiger partial charge in [0.1, 0.15) is 24.2 Å². The summed E-state index contributed by atoms with van der Waals surface area (Å²) in [4.78, 5) is 0. The minimum Gasteiger partial charge on any atom is -0.489 e. The lowest BCUT2D eigenvalue weighted by atomic mass is 10.1. The summed E-state index contributed by atoms with van der Waals surface area (Å²) >= 11 is 0. The molecule has 0 fully saturated rings. The van der Waals surface area contributed by atoms with Crippen molar-refractivity contribution in [3.05, 3.63) is 53.1 Å². The van der Waals surface area contributed by atoms with E-state index in [0.717, 1.165) is 29.2 Å². The van der Waals surface area contributed by atoms with Crippen LogP contribution in [0.25, 0.3) is 0 Å². The van der Waals surface area contributed by atoms with E-state index < -0.39 is 0 Å². The predicted molar refractivity (Wildman–Crippen MR) is 80.4 cm³/mol. The molecule has 20 heavy (non-hydrogen) atoms. The minimum absolute atomic E-state index is 0.0765. The average molecular weight is 269 g/mol. The van der Waals surface area contributed by atoms with Crippen molar-refractivity contribution in [1.29, 1.82) is 0 Å². The number of hydrogen-bond acceptors (Lipinski definition) is 3. The van der Waals surface area contributed by atoms with E-state index in [1.165, 1.54) is 11.1 Å². The van der Waals surface area contributed by atoms with Crippen molar-refractivity contribution in [2.24, 2.45) is 0 Å². The van der Waals surface area contributed by atoms with Crippen LogP contribution in [0.2, 0.25) is 0 Å². The van der Waals surface area contributed by atoms with Crippen molar-refractivity contribution in [2.75, 3.05) is 12.3 Å². The highest BCUT2D eigenvalue weighted by molar-refractivity contribution is 5.48. The molecule has 3 nitrogen and oxygen atoms in total. The van der Waals surface area contributed by atoms with Crippen LogP contribution in [0.15, 0.2) is 36.4 Å². The Labute approximate surface area is 119 Å². The fraction of sp³-hybridized carbons (Fsp3) is 0.294. The minimum atomic E-state index is 0.0765. The monoisotopic (exact) mass is 269 g/mol. The standard InChI is InChI=1S/C17H19NO2/c1-11-3-6-16-13(7-11)8-15(20-16)10-19-17-9-14(18)5-4-12(17)2/h3-7,9,15H,8,10,18H2,1-2H3. The van der Waals surface area contributed by atoms with Crippen molar-refractivity contribution >= 4 is 5.69 Å². The maximum absolute atomic E-state index is 5.90. The molecule has 3 rings (SSSR count). The smallest absolute Gasteiger partial charge is 0.137 e. The van der Waals surface area contributed by atoms with E-state index in [2.05, 4.69) is 19.1 Å². The molecule has 0 aromatic heterocycles. The number of hydrogen-bond donors (Lipinski definition) is 1. The summed E-state index contributed by atoms with van der Waals surface area (Å²) in [6.07, 6.45) is 0.978. The molecule has 0 saturated carbocycles. The molecule has 3 heteroatoms. The molecule has 1 aliphatic rings. The van der Waals surface area contributed by atoms with Crippen molar-refractivity contribution in [3.8, 4) is 11.5 Å². The van der Waals surface area contributed by atoms with Gasteiger partial charge in [-0.15, -0.1) is 0 Å². The summed E-state index contributed by atoms with van der Waals surface area (Å²) in [5.41, 5.74) is 10.1. The van der Waals surface area contributed by atoms with Gasteiger partial charge in [0, 0.05) is 18.2 Å². The zero-order valence-corrected chi connectivity index (χ0v) is 11.8. The first kappa shape index (κ1) is 12.9. The third-order valence-electron chi connectivity index (χ3n) is 3.59. The third kappa shape index (κ3) is 2.57. The lowest BCUT2D eigenvalue weighted by molar-refractivity contribution is 0.148. The molecular weight excluding hydrogens is 250 g/mol. The first-order chi connectivity index (χ1) is 9.61. The van der Waals surface area contributed by atoms with Gasteiger partial charge in [-0.2, -0.15) is 0 Å². The quantitative estimate of drug-likeness (QED) is 0.870. The van der Waals surface area contributed by atoms with Crippen molar-refractivity contribution in [3.63, 3.8) is 0 Å². The van der Waals surface area contributed by atoms with Gasteiger partial charge in [-0.3, -0.25) is 0 Å². The second-order valence-electron chi connectivity index (χ2n) is 5.39. The Morgan fingerprint density at radius 2 is 2.05 bits per heavy atom. The Morgan fingerprint density at radius 3 is 2.90 bits per heavy atom. The molecule has 1 atom stereocenters. The van der Waals surface area contributed by atoms with Crippen LogP contribution in [-0.2, 0) is 6.42 Å². The number of nitrogen functional groups attached to an aromatic ring is 1. The number of fused-ring (bicyclic) bond motifs is 1. The molecule has 2 aromatic rings. The highest BCUT2D eigenvalue weighted by atomic mass is 16.5. The van der Waals surface area contributed by atoms with Gasteiger partial charge in [0.05, 0.1) is 0 Å². The molecule has 0 bridgehead atoms. The Bertz CT molecular complexity index is 637. The van der Waals surface area contributed by atoms with Gasteiger partial charge in [-0.1, -0.05) is 23.8 Å². The summed E-state index contributed by atoms with van der Waals surface area (Å²) in [5, 5.41) is 0. The SMILES string of the molecule is Cc1ccc2c(c1)CC(COc1cc(N)ccc1C)O2. The molecule has 1 heterocycles. The number of anilines is 1. The zero-order valence-electron chi connectivity index (χ0n) is 11.8. The fourth-order valence-corrected chi connectivity index (χ4v) is 2.50. The summed E-state index contributed by atoms with van der Waals surface area (Å²) in [5.74, 6) is 1.81. The van der Waals surface area contributed by atoms with Crippen LogP contribution < -0.4 is 15.2 Å². The molecule has 2 N–H and O–H groups in total. The molecule has 0 amide bonds. The van der Waals surface area contributed by atoms with Gasteiger partial charge < -0.3 is 15.2 Å². The van der Waals surface area contributed by atoms with E-state index in [1.807, 2.05) is 31.2 Å². The number of benzene rings is 2. The van der Waals surface area contributed by atoms with Crippen LogP contribution in [0.3, 0.4) is 0 Å². The van der Waals surface area contributed by atoms with E-state index in [0.29, 0.717) is 6.61 Å². The Kier molecular flexibility index (Phi) is 3.26. The van der Waals surface area contributed by atoms with Crippen LogP contribution >= 0.6 is 0 Å². The van der Waals surface area contributed by atoms with Crippen LogP contribution in [0.4, 0.5) is 5.69 Å². The summed E-state index contributed by atoms with van der Waals surface area (Å²) in [6.45, 7) is 4.65. The van der Waals surface area contributed by atoms with Gasteiger partial charge in [-0.05, 0) is 37.1 Å². The molecule has 1 unspecified atom stereocenters.